The molecule has 1 fully saturated rings. The molecule has 6 heteroatoms. The Labute approximate surface area is 117 Å². The van der Waals surface area contributed by atoms with Crippen LogP contribution in [-0.2, 0) is 9.47 Å². The van der Waals surface area contributed by atoms with E-state index in [2.05, 4.69) is 15.0 Å². The van der Waals surface area contributed by atoms with Crippen LogP contribution in [0.5, 0.6) is 0 Å². The van der Waals surface area contributed by atoms with E-state index in [4.69, 9.17) is 4.74 Å². The Morgan fingerprint density at radius 1 is 1.58 bits per heavy atom. The fraction of sp³-hybridized carbons (Fsp3) is 0.692. The first kappa shape index (κ1) is 14.3. The topological polar surface area (TPSA) is 60.5 Å². The summed E-state index contributed by atoms with van der Waals surface area (Å²) in [6.07, 6.45) is 4.92. The van der Waals surface area contributed by atoms with Crippen molar-refractivity contribution in [2.75, 3.05) is 25.6 Å². The third-order valence-corrected chi connectivity index (χ3v) is 4.12. The molecular formula is C13H20N2O3S. The molecule has 0 spiro atoms. The van der Waals surface area contributed by atoms with Crippen molar-refractivity contribution in [2.45, 2.75) is 38.7 Å². The summed E-state index contributed by atoms with van der Waals surface area (Å²) in [5, 5.41) is 4.02. The van der Waals surface area contributed by atoms with Gasteiger partial charge in [0.25, 0.3) is 0 Å². The van der Waals surface area contributed by atoms with Crippen LogP contribution in [0.4, 0.5) is 5.13 Å². The third-order valence-electron chi connectivity index (χ3n) is 3.19. The number of carbonyl (C=O) groups is 1. The van der Waals surface area contributed by atoms with Gasteiger partial charge in [-0.1, -0.05) is 0 Å². The number of nitrogens with one attached hydrogen (secondary N) is 1. The van der Waals surface area contributed by atoms with Crippen molar-refractivity contribution in [1.82, 2.24) is 4.98 Å². The lowest BCUT2D eigenvalue weighted by atomic mass is 10.1. The van der Waals surface area contributed by atoms with Gasteiger partial charge in [0.05, 0.1) is 13.2 Å². The molecule has 1 aliphatic heterocycles. The molecular weight excluding hydrogens is 264 g/mol. The smallest absolute Gasteiger partial charge is 0.357 e. The number of ether oxygens (including phenoxy) is 2. The fourth-order valence-electron chi connectivity index (χ4n) is 2.13. The molecule has 106 valence electrons. The monoisotopic (exact) mass is 284 g/mol. The van der Waals surface area contributed by atoms with Gasteiger partial charge >= 0.3 is 5.97 Å². The van der Waals surface area contributed by atoms with Crippen molar-refractivity contribution in [3.8, 4) is 0 Å². The van der Waals surface area contributed by atoms with E-state index in [1.54, 1.807) is 0 Å². The van der Waals surface area contributed by atoms with Crippen LogP contribution in [0.25, 0.3) is 0 Å². The van der Waals surface area contributed by atoms with Gasteiger partial charge < -0.3 is 14.8 Å². The molecule has 1 aromatic rings. The molecule has 0 amide bonds. The summed E-state index contributed by atoms with van der Waals surface area (Å²) in [5.74, 6) is -0.377. The van der Waals surface area contributed by atoms with E-state index in [-0.39, 0.29) is 5.97 Å². The van der Waals surface area contributed by atoms with Crippen LogP contribution in [0.2, 0.25) is 0 Å². The largest absolute Gasteiger partial charge is 0.464 e. The zero-order valence-electron chi connectivity index (χ0n) is 11.4. The second-order valence-corrected chi connectivity index (χ2v) is 5.82. The van der Waals surface area contributed by atoms with Gasteiger partial charge in [-0.3, -0.25) is 0 Å². The minimum atomic E-state index is -0.377. The second-order valence-electron chi connectivity index (χ2n) is 4.62. The van der Waals surface area contributed by atoms with Crippen molar-refractivity contribution in [3.05, 3.63) is 10.6 Å². The number of aryl methyl sites for hydroxylation is 1. The van der Waals surface area contributed by atoms with E-state index in [9.17, 15) is 4.79 Å². The standard InChI is InChI=1S/C13H20N2O3S/c1-9-11(12(16)17-2)15-13(19-9)14-7-6-10-5-3-4-8-18-10/h10H,3-8H2,1-2H3,(H,14,15). The van der Waals surface area contributed by atoms with Crippen LogP contribution in [0.1, 0.15) is 41.0 Å². The van der Waals surface area contributed by atoms with Gasteiger partial charge in [-0.05, 0) is 32.6 Å². The molecule has 2 heterocycles. The maximum Gasteiger partial charge on any atom is 0.357 e. The molecule has 1 aromatic heterocycles. The average molecular weight is 284 g/mol. The minimum absolute atomic E-state index is 0.363. The van der Waals surface area contributed by atoms with E-state index in [0.717, 1.165) is 36.0 Å². The Bertz CT molecular complexity index is 428. The van der Waals surface area contributed by atoms with E-state index in [1.165, 1.54) is 31.3 Å². The maximum absolute atomic E-state index is 11.4. The highest BCUT2D eigenvalue weighted by Gasteiger charge is 2.16. The van der Waals surface area contributed by atoms with E-state index in [0.29, 0.717) is 11.8 Å². The Balaban J connectivity index is 1.81. The SMILES string of the molecule is COC(=O)c1nc(NCCC2CCCCO2)sc1C. The van der Waals surface area contributed by atoms with E-state index < -0.39 is 0 Å². The molecule has 0 bridgehead atoms. The molecule has 1 saturated heterocycles. The molecule has 1 aliphatic rings. The van der Waals surface area contributed by atoms with Crippen LogP contribution in [0, 0.1) is 6.92 Å². The zero-order valence-corrected chi connectivity index (χ0v) is 12.2. The fourth-order valence-corrected chi connectivity index (χ4v) is 2.96. The number of carbonyl (C=O) groups excluding carboxylic acids is 1. The quantitative estimate of drug-likeness (QED) is 0.842. The molecule has 1 unspecified atom stereocenters. The number of anilines is 1. The lowest BCUT2D eigenvalue weighted by Gasteiger charge is -2.22. The molecule has 0 saturated carbocycles. The summed E-state index contributed by atoms with van der Waals surface area (Å²) in [6, 6.07) is 0. The predicted molar refractivity (Wildman–Crippen MR) is 74.9 cm³/mol. The second kappa shape index (κ2) is 6.86. The number of thiazole rings is 1. The lowest BCUT2D eigenvalue weighted by molar-refractivity contribution is 0.0134. The van der Waals surface area contributed by atoms with Crippen LogP contribution in [0.15, 0.2) is 0 Å². The summed E-state index contributed by atoms with van der Waals surface area (Å²) in [7, 11) is 1.37. The summed E-state index contributed by atoms with van der Waals surface area (Å²) < 4.78 is 10.4. The van der Waals surface area contributed by atoms with Crippen LogP contribution in [0.3, 0.4) is 0 Å². The van der Waals surface area contributed by atoms with Gasteiger partial charge in [-0.15, -0.1) is 11.3 Å². The molecule has 1 atom stereocenters. The number of methoxy groups -OCH3 is 1. The molecule has 2 rings (SSSR count). The lowest BCUT2D eigenvalue weighted by Crippen LogP contribution is -2.21. The number of aromatic nitrogens is 1. The van der Waals surface area contributed by atoms with Crippen LogP contribution >= 0.6 is 11.3 Å². The van der Waals surface area contributed by atoms with E-state index in [1.807, 2.05) is 6.92 Å². The number of hydrogen-bond donors (Lipinski definition) is 1. The first-order chi connectivity index (χ1) is 9.20. The highest BCUT2D eigenvalue weighted by atomic mass is 32.1. The molecule has 0 aliphatic carbocycles. The first-order valence-electron chi connectivity index (χ1n) is 6.62. The Hall–Kier alpha value is -1.14. The minimum Gasteiger partial charge on any atom is -0.464 e. The Kier molecular flexibility index (Phi) is 5.15. The highest BCUT2D eigenvalue weighted by Crippen LogP contribution is 2.23. The van der Waals surface area contributed by atoms with Crippen molar-refractivity contribution < 1.29 is 14.3 Å². The molecule has 5 nitrogen and oxygen atoms in total. The van der Waals surface area contributed by atoms with Gasteiger partial charge in [0.1, 0.15) is 0 Å². The first-order valence-corrected chi connectivity index (χ1v) is 7.43. The summed E-state index contributed by atoms with van der Waals surface area (Å²) in [6.45, 7) is 3.57. The van der Waals surface area contributed by atoms with Crippen LogP contribution in [-0.4, -0.2) is 37.3 Å². The normalized spacial score (nSPS) is 19.2. The molecule has 19 heavy (non-hydrogen) atoms. The van der Waals surface area contributed by atoms with Crippen molar-refractivity contribution in [1.29, 1.82) is 0 Å². The zero-order chi connectivity index (χ0) is 13.7. The predicted octanol–water partition coefficient (Wildman–Crippen LogP) is 2.61. The van der Waals surface area contributed by atoms with Gasteiger partial charge in [0, 0.05) is 18.0 Å². The van der Waals surface area contributed by atoms with Crippen molar-refractivity contribution in [3.63, 3.8) is 0 Å². The van der Waals surface area contributed by atoms with Gasteiger partial charge in [0.15, 0.2) is 10.8 Å². The highest BCUT2D eigenvalue weighted by molar-refractivity contribution is 7.15. The number of hydrogen-bond acceptors (Lipinski definition) is 6. The van der Waals surface area contributed by atoms with Crippen molar-refractivity contribution >= 4 is 22.4 Å². The van der Waals surface area contributed by atoms with Gasteiger partial charge in [0.2, 0.25) is 0 Å². The average Bonchev–Trinajstić information content (AvgIpc) is 2.80. The molecule has 0 radical (unpaired) electrons. The van der Waals surface area contributed by atoms with E-state index >= 15 is 0 Å². The summed E-state index contributed by atoms with van der Waals surface area (Å²) in [5.41, 5.74) is 0.406. The number of nitrogens with zero attached hydrogens (tertiary/aromatic N) is 1. The summed E-state index contributed by atoms with van der Waals surface area (Å²) >= 11 is 1.48. The van der Waals surface area contributed by atoms with Gasteiger partial charge in [-0.2, -0.15) is 0 Å². The van der Waals surface area contributed by atoms with Gasteiger partial charge in [-0.25, -0.2) is 9.78 Å². The van der Waals surface area contributed by atoms with Crippen molar-refractivity contribution in [2.24, 2.45) is 0 Å². The molecule has 1 N–H and O–H groups in total. The number of rotatable bonds is 5. The Morgan fingerprint density at radius 3 is 3.11 bits per heavy atom. The summed E-state index contributed by atoms with van der Waals surface area (Å²) in [4.78, 5) is 16.6. The number of esters is 1. The Morgan fingerprint density at radius 2 is 2.42 bits per heavy atom. The third kappa shape index (κ3) is 3.91. The maximum atomic E-state index is 11.4. The molecule has 0 aromatic carbocycles. The van der Waals surface area contributed by atoms with Crippen LogP contribution < -0.4 is 5.32 Å².